The number of amides is 1. The van der Waals surface area contributed by atoms with Crippen molar-refractivity contribution in [1.82, 2.24) is 9.69 Å². The summed E-state index contributed by atoms with van der Waals surface area (Å²) in [6.45, 7) is 2.27. The van der Waals surface area contributed by atoms with E-state index in [-0.39, 0.29) is 5.91 Å². The summed E-state index contributed by atoms with van der Waals surface area (Å²) in [6.07, 6.45) is 0. The van der Waals surface area contributed by atoms with Crippen LogP contribution in [0.1, 0.15) is 21.6 Å². The molecule has 94 valence electrons. The van der Waals surface area contributed by atoms with E-state index in [1.165, 1.54) is 11.5 Å². The van der Waals surface area contributed by atoms with Crippen LogP contribution in [0.25, 0.3) is 0 Å². The van der Waals surface area contributed by atoms with Gasteiger partial charge in [0.2, 0.25) is 0 Å². The predicted molar refractivity (Wildman–Crippen MR) is 71.0 cm³/mol. The lowest BCUT2D eigenvalue weighted by molar-refractivity contribution is 0.0950. The van der Waals surface area contributed by atoms with Crippen LogP contribution >= 0.6 is 11.5 Å². The summed E-state index contributed by atoms with van der Waals surface area (Å²) in [5.41, 5.74) is 2.35. The number of aryl methyl sites for hydroxylation is 1. The van der Waals surface area contributed by atoms with E-state index in [4.69, 9.17) is 4.74 Å². The van der Waals surface area contributed by atoms with Crippen molar-refractivity contribution in [1.29, 1.82) is 0 Å². The molecule has 0 aliphatic carbocycles. The number of para-hydroxylation sites is 1. The van der Waals surface area contributed by atoms with Gasteiger partial charge in [0.25, 0.3) is 5.91 Å². The normalized spacial score (nSPS) is 10.1. The molecular formula is C13H14N2O2S. The number of nitrogens with one attached hydrogen (secondary N) is 1. The third kappa shape index (κ3) is 2.68. The topological polar surface area (TPSA) is 51.2 Å². The molecule has 0 bridgehead atoms. The summed E-state index contributed by atoms with van der Waals surface area (Å²) in [6, 6.07) is 7.62. The zero-order chi connectivity index (χ0) is 13.0. The van der Waals surface area contributed by atoms with Gasteiger partial charge in [0.15, 0.2) is 0 Å². The fraction of sp³-hybridized carbons (Fsp3) is 0.231. The van der Waals surface area contributed by atoms with Crippen LogP contribution in [-0.4, -0.2) is 17.4 Å². The minimum absolute atomic E-state index is 0.104. The van der Waals surface area contributed by atoms with Crippen LogP contribution in [0.2, 0.25) is 0 Å². The first kappa shape index (κ1) is 12.6. The number of aromatic nitrogens is 1. The van der Waals surface area contributed by atoms with Gasteiger partial charge in [-0.3, -0.25) is 4.79 Å². The minimum atomic E-state index is -0.104. The number of rotatable bonds is 4. The standard InChI is InChI=1S/C13H14N2O2S/c1-9-11(8-18-15-9)13(16)14-7-10-5-3-4-6-12(10)17-2/h3-6,8H,7H2,1-2H3,(H,14,16). The maximum Gasteiger partial charge on any atom is 0.254 e. The highest BCUT2D eigenvalue weighted by molar-refractivity contribution is 7.03. The minimum Gasteiger partial charge on any atom is -0.496 e. The molecule has 1 aromatic heterocycles. The van der Waals surface area contributed by atoms with Crippen molar-refractivity contribution in [3.05, 3.63) is 46.5 Å². The molecule has 0 atom stereocenters. The molecule has 1 heterocycles. The highest BCUT2D eigenvalue weighted by Crippen LogP contribution is 2.17. The van der Waals surface area contributed by atoms with Gasteiger partial charge in [-0.15, -0.1) is 0 Å². The molecule has 0 radical (unpaired) electrons. The Labute approximate surface area is 110 Å². The van der Waals surface area contributed by atoms with Gasteiger partial charge in [-0.2, -0.15) is 4.37 Å². The van der Waals surface area contributed by atoms with Crippen molar-refractivity contribution in [2.75, 3.05) is 7.11 Å². The van der Waals surface area contributed by atoms with E-state index in [9.17, 15) is 4.79 Å². The van der Waals surface area contributed by atoms with Gasteiger partial charge in [-0.25, -0.2) is 0 Å². The van der Waals surface area contributed by atoms with Crippen molar-refractivity contribution in [2.24, 2.45) is 0 Å². The van der Waals surface area contributed by atoms with E-state index < -0.39 is 0 Å². The molecule has 2 aromatic rings. The third-order valence-electron chi connectivity index (χ3n) is 2.63. The SMILES string of the molecule is COc1ccccc1CNC(=O)c1csnc1C. The second kappa shape index (κ2) is 5.64. The van der Waals surface area contributed by atoms with Crippen LogP contribution in [0.15, 0.2) is 29.6 Å². The Morgan fingerprint density at radius 2 is 2.22 bits per heavy atom. The molecular weight excluding hydrogens is 248 g/mol. The van der Waals surface area contributed by atoms with E-state index in [1.807, 2.05) is 31.2 Å². The number of benzene rings is 1. The van der Waals surface area contributed by atoms with Gasteiger partial charge in [-0.1, -0.05) is 18.2 Å². The first-order valence-corrected chi connectivity index (χ1v) is 6.37. The second-order valence-corrected chi connectivity index (χ2v) is 4.44. The lowest BCUT2D eigenvalue weighted by atomic mass is 10.2. The van der Waals surface area contributed by atoms with Gasteiger partial charge in [0.05, 0.1) is 18.4 Å². The molecule has 0 saturated heterocycles. The van der Waals surface area contributed by atoms with Gasteiger partial charge >= 0.3 is 0 Å². The second-order valence-electron chi connectivity index (χ2n) is 3.81. The highest BCUT2D eigenvalue weighted by Gasteiger charge is 2.11. The Morgan fingerprint density at radius 3 is 2.89 bits per heavy atom. The average molecular weight is 262 g/mol. The lowest BCUT2D eigenvalue weighted by Gasteiger charge is -2.09. The Balaban J connectivity index is 2.04. The van der Waals surface area contributed by atoms with E-state index in [0.717, 1.165) is 17.0 Å². The fourth-order valence-electron chi connectivity index (χ4n) is 1.63. The molecule has 5 heteroatoms. The van der Waals surface area contributed by atoms with Crippen LogP contribution in [0.5, 0.6) is 5.75 Å². The maximum atomic E-state index is 11.9. The quantitative estimate of drug-likeness (QED) is 0.920. The summed E-state index contributed by atoms with van der Waals surface area (Å²) >= 11 is 1.29. The molecule has 1 aromatic carbocycles. The van der Waals surface area contributed by atoms with Crippen LogP contribution in [0, 0.1) is 6.92 Å². The largest absolute Gasteiger partial charge is 0.496 e. The monoisotopic (exact) mass is 262 g/mol. The fourth-order valence-corrected chi connectivity index (χ4v) is 2.32. The molecule has 0 saturated carbocycles. The lowest BCUT2D eigenvalue weighted by Crippen LogP contribution is -2.23. The smallest absolute Gasteiger partial charge is 0.254 e. The zero-order valence-electron chi connectivity index (χ0n) is 10.3. The Hall–Kier alpha value is -1.88. The molecule has 0 fully saturated rings. The molecule has 18 heavy (non-hydrogen) atoms. The Morgan fingerprint density at radius 1 is 1.44 bits per heavy atom. The van der Waals surface area contributed by atoms with Crippen molar-refractivity contribution in [3.63, 3.8) is 0 Å². The van der Waals surface area contributed by atoms with Crippen molar-refractivity contribution in [3.8, 4) is 5.75 Å². The molecule has 1 N–H and O–H groups in total. The van der Waals surface area contributed by atoms with E-state index in [0.29, 0.717) is 12.1 Å². The molecule has 4 nitrogen and oxygen atoms in total. The number of methoxy groups -OCH3 is 1. The average Bonchev–Trinajstić information content (AvgIpc) is 2.82. The van der Waals surface area contributed by atoms with Crippen molar-refractivity contribution in [2.45, 2.75) is 13.5 Å². The van der Waals surface area contributed by atoms with Crippen LogP contribution in [0.3, 0.4) is 0 Å². The molecule has 0 aliphatic rings. The first-order chi connectivity index (χ1) is 8.72. The maximum absolute atomic E-state index is 11.9. The number of ether oxygens (including phenoxy) is 1. The van der Waals surface area contributed by atoms with Gasteiger partial charge in [-0.05, 0) is 24.5 Å². The van der Waals surface area contributed by atoms with Crippen molar-refractivity contribution < 1.29 is 9.53 Å². The summed E-state index contributed by atoms with van der Waals surface area (Å²) < 4.78 is 9.31. The van der Waals surface area contributed by atoms with Crippen LogP contribution < -0.4 is 10.1 Å². The molecule has 1 amide bonds. The van der Waals surface area contributed by atoms with E-state index in [1.54, 1.807) is 12.5 Å². The number of hydrogen-bond donors (Lipinski definition) is 1. The molecule has 0 aliphatic heterocycles. The Kier molecular flexibility index (Phi) is 3.94. The van der Waals surface area contributed by atoms with Crippen LogP contribution in [-0.2, 0) is 6.54 Å². The predicted octanol–water partition coefficient (Wildman–Crippen LogP) is 2.39. The summed E-state index contributed by atoms with van der Waals surface area (Å²) in [7, 11) is 1.62. The van der Waals surface area contributed by atoms with Gasteiger partial charge in [0.1, 0.15) is 5.75 Å². The molecule has 0 spiro atoms. The number of carbonyl (C=O) groups excluding carboxylic acids is 1. The Bertz CT molecular complexity index is 551. The van der Waals surface area contributed by atoms with Gasteiger partial charge < -0.3 is 10.1 Å². The molecule has 2 rings (SSSR count). The van der Waals surface area contributed by atoms with Gasteiger partial charge in [0, 0.05) is 17.5 Å². The van der Waals surface area contributed by atoms with Crippen molar-refractivity contribution >= 4 is 17.4 Å². The summed E-state index contributed by atoms with van der Waals surface area (Å²) in [4.78, 5) is 11.9. The number of hydrogen-bond acceptors (Lipinski definition) is 4. The highest BCUT2D eigenvalue weighted by atomic mass is 32.1. The first-order valence-electron chi connectivity index (χ1n) is 5.53. The van der Waals surface area contributed by atoms with Crippen LogP contribution in [0.4, 0.5) is 0 Å². The number of carbonyl (C=O) groups is 1. The summed E-state index contributed by atoms with van der Waals surface area (Å²) in [5.74, 6) is 0.671. The summed E-state index contributed by atoms with van der Waals surface area (Å²) in [5, 5.41) is 4.62. The van der Waals surface area contributed by atoms with E-state index >= 15 is 0 Å². The zero-order valence-corrected chi connectivity index (χ0v) is 11.1. The molecule has 0 unspecified atom stereocenters. The number of nitrogens with zero attached hydrogens (tertiary/aromatic N) is 1. The third-order valence-corrected chi connectivity index (χ3v) is 3.35. The van der Waals surface area contributed by atoms with E-state index in [2.05, 4.69) is 9.69 Å².